The van der Waals surface area contributed by atoms with E-state index in [1.807, 2.05) is 35.2 Å². The lowest BCUT2D eigenvalue weighted by molar-refractivity contribution is -0.115. The highest BCUT2D eigenvalue weighted by Gasteiger charge is 2.23. The Morgan fingerprint density at radius 2 is 2.10 bits per heavy atom. The third kappa shape index (κ3) is 2.21. The number of anilines is 3. The van der Waals surface area contributed by atoms with Crippen molar-refractivity contribution in [1.82, 2.24) is 4.98 Å². The van der Waals surface area contributed by atoms with Crippen LogP contribution in [0.3, 0.4) is 0 Å². The molecule has 20 heavy (non-hydrogen) atoms. The van der Waals surface area contributed by atoms with Gasteiger partial charge in [-0.15, -0.1) is 0 Å². The smallest absolute Gasteiger partial charge is 0.244 e. The van der Waals surface area contributed by atoms with Crippen molar-refractivity contribution in [3.05, 3.63) is 48.2 Å². The van der Waals surface area contributed by atoms with Crippen LogP contribution in [0.15, 0.2) is 42.6 Å². The molecule has 0 unspecified atom stereocenters. The predicted octanol–water partition coefficient (Wildman–Crippen LogP) is 1.81. The summed E-state index contributed by atoms with van der Waals surface area (Å²) in [7, 11) is 0. The van der Waals surface area contributed by atoms with Crippen LogP contribution < -0.4 is 16.0 Å². The summed E-state index contributed by atoms with van der Waals surface area (Å²) in [4.78, 5) is 18.3. The number of pyridine rings is 1. The largest absolute Gasteiger partial charge is 0.389 e. The molecule has 1 aliphatic rings. The predicted molar refractivity (Wildman–Crippen MR) is 82.2 cm³/mol. The van der Waals surface area contributed by atoms with Gasteiger partial charge in [-0.1, -0.05) is 24.4 Å². The maximum Gasteiger partial charge on any atom is 0.244 e. The number of fused-ring (bicyclic) bond motifs is 1. The summed E-state index contributed by atoms with van der Waals surface area (Å²) in [5.41, 5.74) is 7.96. The molecule has 2 heterocycles. The van der Waals surface area contributed by atoms with E-state index in [1.54, 1.807) is 12.3 Å². The Morgan fingerprint density at radius 3 is 2.80 bits per heavy atom. The number of para-hydroxylation sites is 2. The number of nitrogens with one attached hydrogen (secondary N) is 1. The van der Waals surface area contributed by atoms with E-state index >= 15 is 0 Å². The Bertz CT molecular complexity index is 684. The number of benzene rings is 1. The quantitative estimate of drug-likeness (QED) is 0.823. The molecule has 3 rings (SSSR count). The molecule has 0 atom stereocenters. The van der Waals surface area contributed by atoms with Gasteiger partial charge < -0.3 is 16.0 Å². The molecule has 1 aromatic heterocycles. The number of nitrogens with two attached hydrogens (primary N) is 1. The molecule has 0 saturated carbocycles. The number of carbonyl (C=O) groups is 1. The van der Waals surface area contributed by atoms with Crippen LogP contribution in [-0.2, 0) is 4.79 Å². The topological polar surface area (TPSA) is 71.2 Å². The molecule has 5 nitrogen and oxygen atoms in total. The van der Waals surface area contributed by atoms with E-state index in [1.165, 1.54) is 0 Å². The van der Waals surface area contributed by atoms with Gasteiger partial charge in [0.05, 0.1) is 11.4 Å². The number of nitrogens with zero attached hydrogens (tertiary/aromatic N) is 2. The van der Waals surface area contributed by atoms with Crippen LogP contribution in [0.4, 0.5) is 17.2 Å². The Hall–Kier alpha value is -2.47. The Kier molecular flexibility index (Phi) is 3.08. The second-order valence-electron chi connectivity index (χ2n) is 4.42. The molecule has 1 amide bonds. The average Bonchev–Trinajstić information content (AvgIpc) is 2.46. The first kappa shape index (κ1) is 12.6. The number of thiocarbonyl (C=S) groups is 1. The summed E-state index contributed by atoms with van der Waals surface area (Å²) in [6.07, 6.45) is 1.62. The van der Waals surface area contributed by atoms with Crippen LogP contribution >= 0.6 is 12.2 Å². The number of hydrogen-bond donors (Lipinski definition) is 2. The molecule has 0 aliphatic carbocycles. The fourth-order valence-electron chi connectivity index (χ4n) is 2.13. The minimum absolute atomic E-state index is 0.0658. The molecule has 3 N–H and O–H groups in total. The Morgan fingerprint density at radius 1 is 1.30 bits per heavy atom. The Labute approximate surface area is 121 Å². The number of carbonyl (C=O) groups excluding carboxylic acids is 1. The number of rotatable bonds is 2. The standard InChI is InChI=1S/C14H12N4OS/c15-14(20)9-5-6-12(16-7-9)18-8-13(19)17-10-3-1-2-4-11(10)18/h1-7H,8H2,(H2,15,20)(H,17,19). The van der Waals surface area contributed by atoms with E-state index in [-0.39, 0.29) is 12.5 Å². The zero-order valence-electron chi connectivity index (χ0n) is 10.5. The minimum Gasteiger partial charge on any atom is -0.389 e. The molecule has 0 fully saturated rings. The fraction of sp³-hybridized carbons (Fsp3) is 0.0714. The van der Waals surface area contributed by atoms with Gasteiger partial charge in [0.15, 0.2) is 0 Å². The summed E-state index contributed by atoms with van der Waals surface area (Å²) in [6.45, 7) is 0.233. The summed E-state index contributed by atoms with van der Waals surface area (Å²) in [5, 5.41) is 2.84. The molecular formula is C14H12N4OS. The highest BCUT2D eigenvalue weighted by Crippen LogP contribution is 2.33. The highest BCUT2D eigenvalue weighted by atomic mass is 32.1. The van der Waals surface area contributed by atoms with Crippen molar-refractivity contribution in [1.29, 1.82) is 0 Å². The van der Waals surface area contributed by atoms with Crippen molar-refractivity contribution >= 4 is 40.3 Å². The van der Waals surface area contributed by atoms with E-state index in [0.717, 1.165) is 11.4 Å². The van der Waals surface area contributed by atoms with Gasteiger partial charge in [-0.05, 0) is 24.3 Å². The summed E-state index contributed by atoms with van der Waals surface area (Å²) in [5.74, 6) is 0.622. The van der Waals surface area contributed by atoms with Crippen molar-refractivity contribution in [2.45, 2.75) is 0 Å². The molecule has 2 aromatic rings. The first-order valence-corrected chi connectivity index (χ1v) is 6.48. The molecule has 0 radical (unpaired) electrons. The van der Waals surface area contributed by atoms with Crippen LogP contribution in [0, 0.1) is 0 Å². The molecule has 6 heteroatoms. The van der Waals surface area contributed by atoms with Crippen molar-refractivity contribution in [3.8, 4) is 0 Å². The van der Waals surface area contributed by atoms with E-state index in [4.69, 9.17) is 18.0 Å². The number of hydrogen-bond acceptors (Lipinski definition) is 4. The zero-order chi connectivity index (χ0) is 14.1. The molecule has 0 saturated heterocycles. The minimum atomic E-state index is -0.0658. The van der Waals surface area contributed by atoms with E-state index < -0.39 is 0 Å². The molecule has 100 valence electrons. The molecular weight excluding hydrogens is 272 g/mol. The van der Waals surface area contributed by atoms with Gasteiger partial charge in [0.2, 0.25) is 5.91 Å². The second kappa shape index (κ2) is 4.90. The maximum absolute atomic E-state index is 11.8. The first-order chi connectivity index (χ1) is 9.65. The van der Waals surface area contributed by atoms with Gasteiger partial charge in [-0.3, -0.25) is 4.79 Å². The molecule has 0 spiro atoms. The highest BCUT2D eigenvalue weighted by molar-refractivity contribution is 7.80. The van der Waals surface area contributed by atoms with Gasteiger partial charge in [-0.25, -0.2) is 4.98 Å². The van der Waals surface area contributed by atoms with Crippen molar-refractivity contribution in [2.75, 3.05) is 16.8 Å². The lowest BCUT2D eigenvalue weighted by Gasteiger charge is -2.29. The first-order valence-electron chi connectivity index (χ1n) is 6.07. The van der Waals surface area contributed by atoms with E-state index in [2.05, 4.69) is 10.3 Å². The summed E-state index contributed by atoms with van der Waals surface area (Å²) < 4.78 is 0. The van der Waals surface area contributed by atoms with Gasteiger partial charge in [0.1, 0.15) is 17.4 Å². The molecule has 0 bridgehead atoms. The van der Waals surface area contributed by atoms with Gasteiger partial charge in [-0.2, -0.15) is 0 Å². The average molecular weight is 284 g/mol. The van der Waals surface area contributed by atoms with Gasteiger partial charge in [0, 0.05) is 11.8 Å². The normalized spacial score (nSPS) is 13.6. The lowest BCUT2D eigenvalue weighted by Crippen LogP contribution is -2.35. The zero-order valence-corrected chi connectivity index (χ0v) is 11.4. The number of amides is 1. The van der Waals surface area contributed by atoms with Crippen LogP contribution in [0.5, 0.6) is 0 Å². The lowest BCUT2D eigenvalue weighted by atomic mass is 10.2. The maximum atomic E-state index is 11.8. The molecule has 1 aromatic carbocycles. The monoisotopic (exact) mass is 284 g/mol. The van der Waals surface area contributed by atoms with Crippen LogP contribution in [0.2, 0.25) is 0 Å². The second-order valence-corrected chi connectivity index (χ2v) is 4.86. The van der Waals surface area contributed by atoms with Crippen molar-refractivity contribution in [2.24, 2.45) is 5.73 Å². The fourth-order valence-corrected chi connectivity index (χ4v) is 2.25. The molecule has 1 aliphatic heterocycles. The summed E-state index contributed by atoms with van der Waals surface area (Å²) >= 11 is 4.90. The van der Waals surface area contributed by atoms with Gasteiger partial charge >= 0.3 is 0 Å². The van der Waals surface area contributed by atoms with Crippen LogP contribution in [0.1, 0.15) is 5.56 Å². The van der Waals surface area contributed by atoms with Crippen molar-refractivity contribution < 1.29 is 4.79 Å². The van der Waals surface area contributed by atoms with E-state index in [0.29, 0.717) is 16.4 Å². The van der Waals surface area contributed by atoms with Gasteiger partial charge in [0.25, 0.3) is 0 Å². The van der Waals surface area contributed by atoms with Crippen molar-refractivity contribution in [3.63, 3.8) is 0 Å². The van der Waals surface area contributed by atoms with E-state index in [9.17, 15) is 4.79 Å². The third-order valence-electron chi connectivity index (χ3n) is 3.08. The summed E-state index contributed by atoms with van der Waals surface area (Å²) in [6, 6.07) is 11.2. The van der Waals surface area contributed by atoms with Crippen LogP contribution in [-0.4, -0.2) is 22.4 Å². The third-order valence-corrected chi connectivity index (χ3v) is 3.32. The Balaban J connectivity index is 2.01. The number of aromatic nitrogens is 1. The SMILES string of the molecule is NC(=S)c1ccc(N2CC(=O)Nc3ccccc32)nc1. The van der Waals surface area contributed by atoms with Crippen LogP contribution in [0.25, 0.3) is 0 Å².